The molecule has 0 spiro atoms. The second kappa shape index (κ2) is 7.14. The normalized spacial score (nSPS) is 18.2. The molecule has 21 heavy (non-hydrogen) atoms. The first-order chi connectivity index (χ1) is 9.99. The Bertz CT molecular complexity index is 499. The van der Waals surface area contributed by atoms with Crippen molar-refractivity contribution in [3.8, 4) is 5.75 Å². The first-order valence-corrected chi connectivity index (χ1v) is 7.87. The fourth-order valence-corrected chi connectivity index (χ4v) is 2.74. The third-order valence-corrected chi connectivity index (χ3v) is 4.10. The number of likely N-dealkylation sites (tertiary alicyclic amines) is 1. The lowest BCUT2D eigenvalue weighted by molar-refractivity contribution is -0.138. The van der Waals surface area contributed by atoms with Gasteiger partial charge in [-0.15, -0.1) is 0 Å². The lowest BCUT2D eigenvalue weighted by Crippen LogP contribution is -2.43. The van der Waals surface area contributed by atoms with Crippen LogP contribution in [-0.2, 0) is 4.79 Å². The van der Waals surface area contributed by atoms with Crippen LogP contribution >= 0.6 is 11.6 Å². The van der Waals surface area contributed by atoms with Crippen molar-refractivity contribution in [2.24, 2.45) is 5.73 Å². The maximum Gasteiger partial charge on any atom is 0.263 e. The molecule has 4 nitrogen and oxygen atoms in total. The molecule has 1 saturated heterocycles. The Morgan fingerprint density at radius 1 is 1.29 bits per heavy atom. The molecular weight excluding hydrogens is 288 g/mol. The van der Waals surface area contributed by atoms with Gasteiger partial charge < -0.3 is 15.4 Å². The highest BCUT2D eigenvalue weighted by atomic mass is 35.5. The Morgan fingerprint density at radius 3 is 2.52 bits per heavy atom. The van der Waals surface area contributed by atoms with Gasteiger partial charge in [0.15, 0.2) is 6.10 Å². The average molecular weight is 311 g/mol. The number of halogens is 1. The average Bonchev–Trinajstić information content (AvgIpc) is 2.49. The smallest absolute Gasteiger partial charge is 0.263 e. The molecule has 1 heterocycles. The molecule has 116 valence electrons. The quantitative estimate of drug-likeness (QED) is 0.929. The van der Waals surface area contributed by atoms with Crippen molar-refractivity contribution in [2.45, 2.75) is 45.3 Å². The number of nitrogens with two attached hydrogens (primary N) is 1. The summed E-state index contributed by atoms with van der Waals surface area (Å²) >= 11 is 6.20. The van der Waals surface area contributed by atoms with E-state index in [4.69, 9.17) is 22.1 Å². The number of rotatable bonds is 4. The molecule has 2 unspecified atom stereocenters. The SMILES string of the molecule is CC(Oc1ccc(C(C)N)cc1Cl)C(=O)N1CCCCC1. The largest absolute Gasteiger partial charge is 0.479 e. The van der Waals surface area contributed by atoms with Gasteiger partial charge >= 0.3 is 0 Å². The lowest BCUT2D eigenvalue weighted by atomic mass is 10.1. The Morgan fingerprint density at radius 2 is 1.95 bits per heavy atom. The number of benzene rings is 1. The van der Waals surface area contributed by atoms with E-state index >= 15 is 0 Å². The summed E-state index contributed by atoms with van der Waals surface area (Å²) in [5.74, 6) is 0.556. The van der Waals surface area contributed by atoms with Crippen LogP contribution < -0.4 is 10.5 Å². The Kier molecular flexibility index (Phi) is 5.48. The van der Waals surface area contributed by atoms with Crippen molar-refractivity contribution in [3.63, 3.8) is 0 Å². The predicted octanol–water partition coefficient (Wildman–Crippen LogP) is 3.14. The third-order valence-electron chi connectivity index (χ3n) is 3.80. The molecule has 0 radical (unpaired) electrons. The van der Waals surface area contributed by atoms with E-state index in [1.807, 2.05) is 17.9 Å². The van der Waals surface area contributed by atoms with Gasteiger partial charge in [-0.1, -0.05) is 17.7 Å². The van der Waals surface area contributed by atoms with Gasteiger partial charge in [0, 0.05) is 19.1 Å². The van der Waals surface area contributed by atoms with Crippen molar-refractivity contribution >= 4 is 17.5 Å². The van der Waals surface area contributed by atoms with Crippen LogP contribution in [0.1, 0.15) is 44.7 Å². The van der Waals surface area contributed by atoms with E-state index < -0.39 is 6.10 Å². The van der Waals surface area contributed by atoms with Gasteiger partial charge in [0.05, 0.1) is 5.02 Å². The molecule has 1 fully saturated rings. The van der Waals surface area contributed by atoms with Gasteiger partial charge in [0.1, 0.15) is 5.75 Å². The molecule has 2 rings (SSSR count). The molecule has 0 aliphatic carbocycles. The molecule has 2 atom stereocenters. The van der Waals surface area contributed by atoms with Crippen molar-refractivity contribution in [1.29, 1.82) is 0 Å². The van der Waals surface area contributed by atoms with Gasteiger partial charge in [-0.2, -0.15) is 0 Å². The van der Waals surface area contributed by atoms with Gasteiger partial charge in [-0.3, -0.25) is 4.79 Å². The van der Waals surface area contributed by atoms with Crippen LogP contribution in [0.25, 0.3) is 0 Å². The van der Waals surface area contributed by atoms with E-state index in [0.717, 1.165) is 31.5 Å². The van der Waals surface area contributed by atoms with Crippen LogP contribution in [0, 0.1) is 0 Å². The van der Waals surface area contributed by atoms with E-state index in [2.05, 4.69) is 0 Å². The van der Waals surface area contributed by atoms with Gasteiger partial charge in [-0.25, -0.2) is 0 Å². The first-order valence-electron chi connectivity index (χ1n) is 7.49. The highest BCUT2D eigenvalue weighted by Crippen LogP contribution is 2.28. The Balaban J connectivity index is 2.01. The van der Waals surface area contributed by atoms with Gasteiger partial charge in [0.2, 0.25) is 0 Å². The topological polar surface area (TPSA) is 55.6 Å². The molecule has 1 aliphatic rings. The highest BCUT2D eigenvalue weighted by molar-refractivity contribution is 6.32. The van der Waals surface area contributed by atoms with Crippen LogP contribution in [0.2, 0.25) is 5.02 Å². The summed E-state index contributed by atoms with van der Waals surface area (Å²) in [6.07, 6.45) is 2.82. The van der Waals surface area contributed by atoms with Crippen LogP contribution in [0.5, 0.6) is 5.75 Å². The number of hydrogen-bond donors (Lipinski definition) is 1. The maximum atomic E-state index is 12.3. The summed E-state index contributed by atoms with van der Waals surface area (Å²) in [5.41, 5.74) is 6.77. The fraction of sp³-hybridized carbons (Fsp3) is 0.562. The molecule has 0 saturated carbocycles. The third kappa shape index (κ3) is 4.11. The van der Waals surface area contributed by atoms with E-state index in [1.165, 1.54) is 6.42 Å². The standard InChI is InChI=1S/C16H23ClN2O2/c1-11(18)13-6-7-15(14(17)10-13)21-12(2)16(20)19-8-4-3-5-9-19/h6-7,10-12H,3-5,8-9,18H2,1-2H3. The summed E-state index contributed by atoms with van der Waals surface area (Å²) in [7, 11) is 0. The minimum atomic E-state index is -0.526. The summed E-state index contributed by atoms with van der Waals surface area (Å²) < 4.78 is 5.73. The number of piperidine rings is 1. The predicted molar refractivity (Wildman–Crippen MR) is 84.6 cm³/mol. The summed E-state index contributed by atoms with van der Waals surface area (Å²) in [5, 5.41) is 0.489. The molecule has 1 amide bonds. The number of amides is 1. The molecule has 2 N–H and O–H groups in total. The summed E-state index contributed by atoms with van der Waals surface area (Å²) in [6.45, 7) is 5.31. The van der Waals surface area contributed by atoms with Crippen molar-refractivity contribution in [3.05, 3.63) is 28.8 Å². The number of nitrogens with zero attached hydrogens (tertiary/aromatic N) is 1. The monoisotopic (exact) mass is 310 g/mol. The molecule has 1 aliphatic heterocycles. The van der Waals surface area contributed by atoms with Crippen molar-refractivity contribution in [1.82, 2.24) is 4.90 Å². The van der Waals surface area contributed by atoms with E-state index in [9.17, 15) is 4.79 Å². The Labute approximate surface area is 131 Å². The van der Waals surface area contributed by atoms with Gasteiger partial charge in [0.25, 0.3) is 5.91 Å². The number of carbonyl (C=O) groups is 1. The molecule has 0 aromatic heterocycles. The highest BCUT2D eigenvalue weighted by Gasteiger charge is 2.24. The maximum absolute atomic E-state index is 12.3. The van der Waals surface area contributed by atoms with Crippen LogP contribution in [-0.4, -0.2) is 30.0 Å². The van der Waals surface area contributed by atoms with E-state index in [-0.39, 0.29) is 11.9 Å². The molecule has 1 aromatic carbocycles. The minimum absolute atomic E-state index is 0.0297. The summed E-state index contributed by atoms with van der Waals surface area (Å²) in [4.78, 5) is 14.2. The number of hydrogen-bond acceptors (Lipinski definition) is 3. The second-order valence-corrected chi connectivity index (χ2v) is 6.03. The molecular formula is C16H23ClN2O2. The zero-order valence-electron chi connectivity index (χ0n) is 12.6. The van der Waals surface area contributed by atoms with Crippen molar-refractivity contribution in [2.75, 3.05) is 13.1 Å². The molecule has 5 heteroatoms. The van der Waals surface area contributed by atoms with Crippen molar-refractivity contribution < 1.29 is 9.53 Å². The van der Waals surface area contributed by atoms with Crippen LogP contribution in [0.3, 0.4) is 0 Å². The number of carbonyl (C=O) groups excluding carboxylic acids is 1. The van der Waals surface area contributed by atoms with E-state index in [1.54, 1.807) is 19.1 Å². The molecule has 0 bridgehead atoms. The van der Waals surface area contributed by atoms with Gasteiger partial charge in [-0.05, 0) is 50.8 Å². The second-order valence-electron chi connectivity index (χ2n) is 5.62. The zero-order chi connectivity index (χ0) is 15.4. The van der Waals surface area contributed by atoms with E-state index in [0.29, 0.717) is 10.8 Å². The Hall–Kier alpha value is -1.26. The van der Waals surface area contributed by atoms with Crippen LogP contribution in [0.4, 0.5) is 0 Å². The number of ether oxygens (including phenoxy) is 1. The fourth-order valence-electron chi connectivity index (χ4n) is 2.51. The molecule has 1 aromatic rings. The van der Waals surface area contributed by atoms with Crippen LogP contribution in [0.15, 0.2) is 18.2 Å². The first kappa shape index (κ1) is 16.1. The lowest BCUT2D eigenvalue weighted by Gasteiger charge is -2.29. The zero-order valence-corrected chi connectivity index (χ0v) is 13.4. The summed E-state index contributed by atoms with van der Waals surface area (Å²) in [6, 6.07) is 5.37. The minimum Gasteiger partial charge on any atom is -0.479 e.